The predicted octanol–water partition coefficient (Wildman–Crippen LogP) is 2.69. The van der Waals surface area contributed by atoms with Crippen LogP contribution in [-0.4, -0.2) is 36.9 Å². The molecule has 0 bridgehead atoms. The molecule has 0 aromatic heterocycles. The molecule has 0 atom stereocenters. The van der Waals surface area contributed by atoms with Crippen molar-refractivity contribution in [3.63, 3.8) is 0 Å². The van der Waals surface area contributed by atoms with E-state index in [0.29, 0.717) is 25.2 Å². The van der Waals surface area contributed by atoms with Gasteiger partial charge >= 0.3 is 0 Å². The Morgan fingerprint density at radius 3 is 2.72 bits per heavy atom. The van der Waals surface area contributed by atoms with E-state index >= 15 is 0 Å². The second-order valence-electron chi connectivity index (χ2n) is 4.64. The molecule has 0 spiro atoms. The van der Waals surface area contributed by atoms with E-state index < -0.39 is 0 Å². The van der Waals surface area contributed by atoms with Gasteiger partial charge in [0.1, 0.15) is 18.1 Å². The highest BCUT2D eigenvalue weighted by Crippen LogP contribution is 2.21. The third-order valence-corrected chi connectivity index (χ3v) is 3.45. The lowest BCUT2D eigenvalue weighted by molar-refractivity contribution is -0.121. The number of likely N-dealkylation sites (tertiary alicyclic amines) is 1. The summed E-state index contributed by atoms with van der Waals surface area (Å²) in [6.45, 7) is 5.23. The van der Waals surface area contributed by atoms with E-state index in [1.54, 1.807) is 0 Å². The number of benzene rings is 1. The number of rotatable bonds is 4. The third kappa shape index (κ3) is 3.72. The molecule has 18 heavy (non-hydrogen) atoms. The van der Waals surface area contributed by atoms with Gasteiger partial charge in [0.2, 0.25) is 0 Å². The summed E-state index contributed by atoms with van der Waals surface area (Å²) in [7, 11) is 0. The first-order valence-electron chi connectivity index (χ1n) is 6.28. The van der Waals surface area contributed by atoms with E-state index in [0.717, 1.165) is 36.0 Å². The summed E-state index contributed by atoms with van der Waals surface area (Å²) in [5.41, 5.74) is 1.05. The smallest absolute Gasteiger partial charge is 0.135 e. The summed E-state index contributed by atoms with van der Waals surface area (Å²) in [5, 5.41) is 0.731. The summed E-state index contributed by atoms with van der Waals surface area (Å²) in [4.78, 5) is 13.4. The predicted molar refractivity (Wildman–Crippen MR) is 72.4 cm³/mol. The Labute approximate surface area is 113 Å². The molecule has 2 rings (SSSR count). The van der Waals surface area contributed by atoms with Crippen molar-refractivity contribution in [3.8, 4) is 5.75 Å². The second-order valence-corrected chi connectivity index (χ2v) is 5.08. The van der Waals surface area contributed by atoms with Crippen molar-refractivity contribution >= 4 is 17.4 Å². The van der Waals surface area contributed by atoms with Crippen LogP contribution in [0.3, 0.4) is 0 Å². The maximum Gasteiger partial charge on any atom is 0.135 e. The van der Waals surface area contributed by atoms with E-state index in [1.165, 1.54) is 0 Å². The zero-order valence-electron chi connectivity index (χ0n) is 10.6. The maximum absolute atomic E-state index is 11.1. The minimum Gasteiger partial charge on any atom is -0.492 e. The normalized spacial score (nSPS) is 16.9. The van der Waals surface area contributed by atoms with Crippen LogP contribution in [0.4, 0.5) is 0 Å². The molecule has 3 nitrogen and oxygen atoms in total. The molecule has 0 aliphatic carbocycles. The van der Waals surface area contributed by atoms with Gasteiger partial charge in [-0.2, -0.15) is 0 Å². The number of nitrogens with zero attached hydrogens (tertiary/aromatic N) is 1. The van der Waals surface area contributed by atoms with Gasteiger partial charge in [-0.1, -0.05) is 11.6 Å². The van der Waals surface area contributed by atoms with Gasteiger partial charge in [-0.25, -0.2) is 0 Å². The molecule has 0 amide bonds. The molecular weight excluding hydrogens is 250 g/mol. The summed E-state index contributed by atoms with van der Waals surface area (Å²) in [6, 6.07) is 5.64. The number of carbonyl (C=O) groups excluding carboxylic acids is 1. The number of aryl methyl sites for hydroxylation is 1. The fourth-order valence-corrected chi connectivity index (χ4v) is 2.31. The van der Waals surface area contributed by atoms with Gasteiger partial charge in [0.15, 0.2) is 0 Å². The van der Waals surface area contributed by atoms with Gasteiger partial charge in [0.25, 0.3) is 0 Å². The summed E-state index contributed by atoms with van der Waals surface area (Å²) in [6.07, 6.45) is 1.36. The molecule has 0 unspecified atom stereocenters. The average Bonchev–Trinajstić information content (AvgIpc) is 2.34. The van der Waals surface area contributed by atoms with Crippen LogP contribution in [0.15, 0.2) is 18.2 Å². The lowest BCUT2D eigenvalue weighted by Gasteiger charge is -2.25. The molecule has 4 heteroatoms. The van der Waals surface area contributed by atoms with Crippen molar-refractivity contribution < 1.29 is 9.53 Å². The Balaban J connectivity index is 1.76. The van der Waals surface area contributed by atoms with Crippen molar-refractivity contribution in [2.75, 3.05) is 26.2 Å². The van der Waals surface area contributed by atoms with Crippen molar-refractivity contribution in [3.05, 3.63) is 28.8 Å². The summed E-state index contributed by atoms with van der Waals surface area (Å²) in [5.74, 6) is 1.26. The number of piperidine rings is 1. The second kappa shape index (κ2) is 6.21. The molecule has 98 valence electrons. The maximum atomic E-state index is 11.1. The number of hydrogen-bond acceptors (Lipinski definition) is 3. The van der Waals surface area contributed by atoms with Crippen LogP contribution in [0, 0.1) is 6.92 Å². The Morgan fingerprint density at radius 1 is 1.33 bits per heavy atom. The number of halogens is 1. The highest BCUT2D eigenvalue weighted by atomic mass is 35.5. The largest absolute Gasteiger partial charge is 0.492 e. The van der Waals surface area contributed by atoms with E-state index in [2.05, 4.69) is 4.90 Å². The molecular formula is C14H18ClNO2. The first-order chi connectivity index (χ1) is 8.65. The zero-order valence-corrected chi connectivity index (χ0v) is 11.4. The van der Waals surface area contributed by atoms with Gasteiger partial charge in [-0.3, -0.25) is 9.69 Å². The highest BCUT2D eigenvalue weighted by Gasteiger charge is 2.15. The standard InChI is InChI=1S/C14H18ClNO2/c1-11-10-12(15)2-3-14(11)18-9-8-16-6-4-13(17)5-7-16/h2-3,10H,4-9H2,1H3. The molecule has 1 aliphatic rings. The fourth-order valence-electron chi connectivity index (χ4n) is 2.09. The summed E-state index contributed by atoms with van der Waals surface area (Å²) < 4.78 is 5.74. The minimum atomic E-state index is 0.376. The topological polar surface area (TPSA) is 29.5 Å². The van der Waals surface area contributed by atoms with Crippen LogP contribution in [0.2, 0.25) is 5.02 Å². The van der Waals surface area contributed by atoms with E-state index in [1.807, 2.05) is 25.1 Å². The fraction of sp³-hybridized carbons (Fsp3) is 0.500. The molecule has 1 aromatic carbocycles. The molecule has 1 fully saturated rings. The van der Waals surface area contributed by atoms with Crippen LogP contribution in [0.1, 0.15) is 18.4 Å². The average molecular weight is 268 g/mol. The lowest BCUT2D eigenvalue weighted by atomic mass is 10.1. The molecule has 1 heterocycles. The third-order valence-electron chi connectivity index (χ3n) is 3.22. The highest BCUT2D eigenvalue weighted by molar-refractivity contribution is 6.30. The number of ether oxygens (including phenoxy) is 1. The SMILES string of the molecule is Cc1cc(Cl)ccc1OCCN1CCC(=O)CC1. The number of hydrogen-bond donors (Lipinski definition) is 0. The monoisotopic (exact) mass is 267 g/mol. The van der Waals surface area contributed by atoms with Crippen LogP contribution < -0.4 is 4.74 Å². The summed E-state index contributed by atoms with van der Waals surface area (Å²) >= 11 is 5.89. The van der Waals surface area contributed by atoms with Crippen LogP contribution >= 0.6 is 11.6 Å². The first kappa shape index (κ1) is 13.4. The minimum absolute atomic E-state index is 0.376. The molecule has 1 aliphatic heterocycles. The van der Waals surface area contributed by atoms with Gasteiger partial charge in [-0.15, -0.1) is 0 Å². The van der Waals surface area contributed by atoms with Crippen molar-refractivity contribution in [2.24, 2.45) is 0 Å². The van der Waals surface area contributed by atoms with Crippen molar-refractivity contribution in [1.82, 2.24) is 4.90 Å². The van der Waals surface area contributed by atoms with E-state index in [-0.39, 0.29) is 0 Å². The Bertz CT molecular complexity index is 424. The molecule has 0 N–H and O–H groups in total. The van der Waals surface area contributed by atoms with Crippen LogP contribution in [0.25, 0.3) is 0 Å². The van der Waals surface area contributed by atoms with Crippen LogP contribution in [-0.2, 0) is 4.79 Å². The van der Waals surface area contributed by atoms with Gasteiger partial charge in [-0.05, 0) is 30.7 Å². The molecule has 1 saturated heterocycles. The Morgan fingerprint density at radius 2 is 2.06 bits per heavy atom. The zero-order chi connectivity index (χ0) is 13.0. The van der Waals surface area contributed by atoms with Crippen molar-refractivity contribution in [2.45, 2.75) is 19.8 Å². The van der Waals surface area contributed by atoms with Crippen molar-refractivity contribution in [1.29, 1.82) is 0 Å². The number of carbonyl (C=O) groups is 1. The van der Waals surface area contributed by atoms with E-state index in [9.17, 15) is 4.79 Å². The number of ketones is 1. The Hall–Kier alpha value is -1.06. The lowest BCUT2D eigenvalue weighted by Crippen LogP contribution is -2.36. The van der Waals surface area contributed by atoms with Gasteiger partial charge in [0.05, 0.1) is 0 Å². The molecule has 0 radical (unpaired) electrons. The van der Waals surface area contributed by atoms with Gasteiger partial charge in [0, 0.05) is 37.5 Å². The quantitative estimate of drug-likeness (QED) is 0.840. The van der Waals surface area contributed by atoms with Gasteiger partial charge < -0.3 is 4.74 Å². The molecule has 1 aromatic rings. The van der Waals surface area contributed by atoms with E-state index in [4.69, 9.17) is 16.3 Å². The molecule has 0 saturated carbocycles. The number of Topliss-reactive ketones (excluding diaryl/α,β-unsaturated/α-hetero) is 1. The first-order valence-corrected chi connectivity index (χ1v) is 6.66. The van der Waals surface area contributed by atoms with Crippen LogP contribution in [0.5, 0.6) is 5.75 Å². The Kier molecular flexibility index (Phi) is 4.61.